The Kier molecular flexibility index (Phi) is 3.65. The molecule has 7 heteroatoms. The standard InChI is InChI=1S/C11H15N3O2S2/c1-11(2,3)9-12-6(5-15-4)7(18-9)8-13-14-10(17)16-8/h5H2,1-4H3,(H,14,17). The summed E-state index contributed by atoms with van der Waals surface area (Å²) < 4.78 is 10.5. The Morgan fingerprint density at radius 1 is 1.44 bits per heavy atom. The molecule has 2 heterocycles. The van der Waals surface area contributed by atoms with Crippen molar-refractivity contribution in [2.24, 2.45) is 0 Å². The van der Waals surface area contributed by atoms with E-state index in [1.165, 1.54) is 0 Å². The third-order valence-electron chi connectivity index (χ3n) is 2.25. The molecule has 0 saturated carbocycles. The first kappa shape index (κ1) is 13.4. The molecule has 0 unspecified atom stereocenters. The van der Waals surface area contributed by atoms with Crippen LogP contribution in [0.5, 0.6) is 0 Å². The van der Waals surface area contributed by atoms with E-state index >= 15 is 0 Å². The molecule has 2 aromatic heterocycles. The highest BCUT2D eigenvalue weighted by Gasteiger charge is 2.24. The summed E-state index contributed by atoms with van der Waals surface area (Å²) in [4.78, 5) is 5.74. The van der Waals surface area contributed by atoms with E-state index < -0.39 is 0 Å². The number of nitrogens with one attached hydrogen (secondary N) is 1. The first-order chi connectivity index (χ1) is 8.41. The van der Waals surface area contributed by atoms with Gasteiger partial charge in [0.1, 0.15) is 4.88 Å². The first-order valence-electron chi connectivity index (χ1n) is 5.47. The molecule has 18 heavy (non-hydrogen) atoms. The third-order valence-corrected chi connectivity index (χ3v) is 3.94. The van der Waals surface area contributed by atoms with Crippen LogP contribution in [0.1, 0.15) is 31.5 Å². The molecule has 0 aliphatic rings. The molecule has 0 radical (unpaired) electrons. The molecule has 1 N–H and O–H groups in total. The Morgan fingerprint density at radius 2 is 2.17 bits per heavy atom. The first-order valence-corrected chi connectivity index (χ1v) is 6.69. The van der Waals surface area contributed by atoms with Crippen molar-refractivity contribution in [2.45, 2.75) is 32.8 Å². The van der Waals surface area contributed by atoms with Crippen molar-refractivity contribution in [1.82, 2.24) is 15.2 Å². The highest BCUT2D eigenvalue weighted by atomic mass is 32.1. The van der Waals surface area contributed by atoms with Crippen LogP contribution in [0, 0.1) is 4.84 Å². The zero-order valence-electron chi connectivity index (χ0n) is 10.7. The molecule has 0 aliphatic heterocycles. The third kappa shape index (κ3) is 2.68. The molecule has 0 atom stereocenters. The number of ether oxygens (including phenoxy) is 1. The van der Waals surface area contributed by atoms with E-state index in [2.05, 4.69) is 36.0 Å². The molecular formula is C11H15N3O2S2. The van der Waals surface area contributed by atoms with Crippen molar-refractivity contribution in [3.63, 3.8) is 0 Å². The van der Waals surface area contributed by atoms with Crippen molar-refractivity contribution in [3.05, 3.63) is 15.5 Å². The van der Waals surface area contributed by atoms with Crippen molar-refractivity contribution in [2.75, 3.05) is 7.11 Å². The molecule has 0 fully saturated rings. The summed E-state index contributed by atoms with van der Waals surface area (Å²) in [6.45, 7) is 6.78. The van der Waals surface area contributed by atoms with Crippen LogP contribution in [-0.4, -0.2) is 22.3 Å². The molecule has 0 aliphatic carbocycles. The van der Waals surface area contributed by atoms with Gasteiger partial charge in [-0.05, 0) is 12.2 Å². The topological polar surface area (TPSA) is 63.9 Å². The number of thiazole rings is 1. The number of aromatic amines is 1. The van der Waals surface area contributed by atoms with Crippen LogP contribution in [-0.2, 0) is 16.8 Å². The smallest absolute Gasteiger partial charge is 0.284 e. The average molecular weight is 285 g/mol. The summed E-state index contributed by atoms with van der Waals surface area (Å²) in [6, 6.07) is 0. The lowest BCUT2D eigenvalue weighted by Gasteiger charge is -2.13. The fraction of sp³-hybridized carbons (Fsp3) is 0.545. The molecule has 0 bridgehead atoms. The minimum atomic E-state index is -0.0154. The van der Waals surface area contributed by atoms with Gasteiger partial charge in [0, 0.05) is 12.5 Å². The van der Waals surface area contributed by atoms with Crippen molar-refractivity contribution in [3.8, 4) is 10.8 Å². The molecule has 5 nitrogen and oxygen atoms in total. The van der Waals surface area contributed by atoms with Gasteiger partial charge in [0.2, 0.25) is 0 Å². The zero-order chi connectivity index (χ0) is 13.3. The quantitative estimate of drug-likeness (QED) is 0.877. The molecular weight excluding hydrogens is 270 g/mol. The van der Waals surface area contributed by atoms with E-state index in [-0.39, 0.29) is 10.3 Å². The molecule has 0 aromatic carbocycles. The van der Waals surface area contributed by atoms with Crippen LogP contribution < -0.4 is 0 Å². The van der Waals surface area contributed by atoms with E-state index in [1.54, 1.807) is 18.4 Å². The van der Waals surface area contributed by atoms with Gasteiger partial charge >= 0.3 is 0 Å². The number of H-pyrrole nitrogens is 1. The SMILES string of the molecule is COCc1nc(C(C)(C)C)sc1-c1n[nH]c(=S)o1. The van der Waals surface area contributed by atoms with E-state index in [4.69, 9.17) is 21.4 Å². The normalized spacial score (nSPS) is 12.0. The largest absolute Gasteiger partial charge is 0.408 e. The summed E-state index contributed by atoms with van der Waals surface area (Å²) in [5.74, 6) is 0.472. The van der Waals surface area contributed by atoms with E-state index in [1.807, 2.05) is 0 Å². The summed E-state index contributed by atoms with van der Waals surface area (Å²) in [5, 5.41) is 7.69. The van der Waals surface area contributed by atoms with Gasteiger partial charge in [0.05, 0.1) is 17.3 Å². The second kappa shape index (κ2) is 4.91. The molecule has 0 spiro atoms. The second-order valence-electron chi connectivity index (χ2n) is 4.90. The summed E-state index contributed by atoms with van der Waals surface area (Å²) >= 11 is 6.45. The lowest BCUT2D eigenvalue weighted by molar-refractivity contribution is 0.182. The van der Waals surface area contributed by atoms with Gasteiger partial charge in [-0.2, -0.15) is 0 Å². The van der Waals surface area contributed by atoms with Gasteiger partial charge in [-0.25, -0.2) is 10.1 Å². The monoisotopic (exact) mass is 285 g/mol. The number of hydrogen-bond acceptors (Lipinski definition) is 6. The molecule has 2 aromatic rings. The van der Waals surface area contributed by atoms with Gasteiger partial charge in [0.25, 0.3) is 10.7 Å². The Bertz CT molecular complexity index is 592. The van der Waals surface area contributed by atoms with Crippen LogP contribution in [0.2, 0.25) is 0 Å². The van der Waals surface area contributed by atoms with Crippen LogP contribution in [0.25, 0.3) is 10.8 Å². The lowest BCUT2D eigenvalue weighted by Crippen LogP contribution is -2.10. The van der Waals surface area contributed by atoms with E-state index in [0.29, 0.717) is 12.5 Å². The highest BCUT2D eigenvalue weighted by molar-refractivity contribution is 7.71. The number of rotatable bonds is 3. The minimum absolute atomic E-state index is 0.0154. The van der Waals surface area contributed by atoms with E-state index in [9.17, 15) is 0 Å². The maximum Gasteiger partial charge on any atom is 0.284 e. The van der Waals surface area contributed by atoms with Crippen LogP contribution in [0.3, 0.4) is 0 Å². The maximum absolute atomic E-state index is 5.35. The summed E-state index contributed by atoms with van der Waals surface area (Å²) in [7, 11) is 1.64. The molecule has 0 saturated heterocycles. The van der Waals surface area contributed by atoms with Gasteiger partial charge in [-0.1, -0.05) is 20.8 Å². The zero-order valence-corrected chi connectivity index (χ0v) is 12.4. The Balaban J connectivity index is 2.51. The lowest BCUT2D eigenvalue weighted by atomic mass is 9.98. The fourth-order valence-electron chi connectivity index (χ4n) is 1.40. The Morgan fingerprint density at radius 3 is 2.67 bits per heavy atom. The maximum atomic E-state index is 5.35. The van der Waals surface area contributed by atoms with Gasteiger partial charge in [0.15, 0.2) is 0 Å². The van der Waals surface area contributed by atoms with Crippen molar-refractivity contribution < 1.29 is 9.15 Å². The molecule has 2 rings (SSSR count). The number of aromatic nitrogens is 3. The number of nitrogens with zero attached hydrogens (tertiary/aromatic N) is 2. The predicted octanol–water partition coefficient (Wildman–Crippen LogP) is 3.30. The molecule has 98 valence electrons. The molecule has 0 amide bonds. The van der Waals surface area contributed by atoms with Gasteiger partial charge < -0.3 is 9.15 Å². The van der Waals surface area contributed by atoms with Gasteiger partial charge in [-0.15, -0.1) is 16.4 Å². The van der Waals surface area contributed by atoms with Crippen LogP contribution in [0.4, 0.5) is 0 Å². The van der Waals surface area contributed by atoms with Gasteiger partial charge in [-0.3, -0.25) is 0 Å². The Hall–Kier alpha value is -1.05. The average Bonchev–Trinajstić information content (AvgIpc) is 2.84. The van der Waals surface area contributed by atoms with Crippen molar-refractivity contribution in [1.29, 1.82) is 0 Å². The summed E-state index contributed by atoms with van der Waals surface area (Å²) in [5.41, 5.74) is 0.816. The van der Waals surface area contributed by atoms with Crippen molar-refractivity contribution >= 4 is 23.6 Å². The fourth-order valence-corrected chi connectivity index (χ4v) is 2.58. The highest BCUT2D eigenvalue weighted by Crippen LogP contribution is 2.35. The van der Waals surface area contributed by atoms with E-state index in [0.717, 1.165) is 15.6 Å². The number of hydrogen-bond donors (Lipinski definition) is 1. The summed E-state index contributed by atoms with van der Waals surface area (Å²) in [6.07, 6.45) is 0. The second-order valence-corrected chi connectivity index (χ2v) is 6.27. The number of methoxy groups -OCH3 is 1. The van der Waals surface area contributed by atoms with Crippen LogP contribution >= 0.6 is 23.6 Å². The Labute approximate surface area is 114 Å². The predicted molar refractivity (Wildman–Crippen MR) is 72.2 cm³/mol. The van der Waals surface area contributed by atoms with Crippen LogP contribution in [0.15, 0.2) is 4.42 Å². The minimum Gasteiger partial charge on any atom is -0.408 e.